The van der Waals surface area contributed by atoms with Crippen LogP contribution in [0.4, 0.5) is 5.69 Å². The summed E-state index contributed by atoms with van der Waals surface area (Å²) in [6.07, 6.45) is -7.70. The molecule has 11 N–H and O–H groups in total. The van der Waals surface area contributed by atoms with Crippen molar-refractivity contribution in [3.05, 3.63) is 64.9 Å². The zero-order valence-electron chi connectivity index (χ0n) is 33.5. The van der Waals surface area contributed by atoms with Crippen LogP contribution in [-0.2, 0) is 44.5 Å². The SMILES string of the molecule is COc1cc(C=CC(=O)OC[C@@]2(O)CO[C@@H](O[C@H]3[C@H](Oc4cc5c(cc4O)[NH+](CC=C4C=C(C(=O)O)N[C@H](C(=O)O)C4)[C@H](C(=O)[O-])C5)O[C@H](CO)[C@@H](O)[C@@H]3O)[C@@H]2O)cc(OC)c1O. The summed E-state index contributed by atoms with van der Waals surface area (Å²) >= 11 is 0. The number of carbonyl (C=O) groups excluding carboxylic acids is 2. The molecule has 1 unspecified atom stereocenters. The Morgan fingerprint density at radius 1 is 0.984 bits per heavy atom. The van der Waals surface area contributed by atoms with Gasteiger partial charge in [0.05, 0.1) is 27.4 Å². The van der Waals surface area contributed by atoms with Crippen LogP contribution in [0.2, 0.25) is 0 Å². The van der Waals surface area contributed by atoms with Crippen LogP contribution in [0.3, 0.4) is 0 Å². The Balaban J connectivity index is 1.16. The van der Waals surface area contributed by atoms with Gasteiger partial charge >= 0.3 is 17.9 Å². The smallest absolute Gasteiger partial charge is 0.351 e. The highest BCUT2D eigenvalue weighted by molar-refractivity contribution is 5.89. The van der Waals surface area contributed by atoms with Crippen molar-refractivity contribution in [3.8, 4) is 28.7 Å². The van der Waals surface area contributed by atoms with E-state index in [4.69, 9.17) is 33.2 Å². The number of allylic oxidation sites excluding steroid dienone is 1. The van der Waals surface area contributed by atoms with Gasteiger partial charge in [0.15, 0.2) is 41.0 Å². The minimum atomic E-state index is -2.26. The fraction of sp³-hybridized carbons (Fsp3) is 0.450. The first kappa shape index (κ1) is 46.5. The van der Waals surface area contributed by atoms with Crippen molar-refractivity contribution >= 4 is 35.6 Å². The number of quaternary nitrogens is 1. The summed E-state index contributed by atoms with van der Waals surface area (Å²) in [5, 5.41) is 109. The summed E-state index contributed by atoms with van der Waals surface area (Å²) in [5.41, 5.74) is -1.34. The zero-order valence-corrected chi connectivity index (χ0v) is 33.5. The fourth-order valence-corrected chi connectivity index (χ4v) is 7.49. The monoisotopic (exact) mass is 890 g/mol. The number of fused-ring (bicyclic) bond motifs is 1. The van der Waals surface area contributed by atoms with E-state index in [1.54, 1.807) is 0 Å². The van der Waals surface area contributed by atoms with Gasteiger partial charge in [0.25, 0.3) is 0 Å². The zero-order chi connectivity index (χ0) is 45.9. The van der Waals surface area contributed by atoms with Crippen molar-refractivity contribution in [1.82, 2.24) is 5.32 Å². The van der Waals surface area contributed by atoms with E-state index in [0.717, 1.165) is 6.08 Å². The highest BCUT2D eigenvalue weighted by Crippen LogP contribution is 2.39. The van der Waals surface area contributed by atoms with Crippen LogP contribution in [0.1, 0.15) is 17.5 Å². The number of methoxy groups -OCH3 is 2. The molecule has 63 heavy (non-hydrogen) atoms. The fourth-order valence-electron chi connectivity index (χ4n) is 7.49. The summed E-state index contributed by atoms with van der Waals surface area (Å²) in [7, 11) is 2.64. The van der Waals surface area contributed by atoms with Crippen LogP contribution in [0.5, 0.6) is 28.7 Å². The number of aromatic hydroxyl groups is 2. The lowest BCUT2D eigenvalue weighted by Gasteiger charge is -2.42. The van der Waals surface area contributed by atoms with Crippen LogP contribution in [0.15, 0.2) is 53.8 Å². The molecule has 11 atom stereocenters. The van der Waals surface area contributed by atoms with Gasteiger partial charge in [-0.05, 0) is 47.6 Å². The Hall–Kier alpha value is -6.02. The van der Waals surface area contributed by atoms with Gasteiger partial charge in [0.2, 0.25) is 12.0 Å². The van der Waals surface area contributed by atoms with E-state index < -0.39 is 110 Å². The Bertz CT molecular complexity index is 2150. The van der Waals surface area contributed by atoms with Gasteiger partial charge < -0.3 is 94.3 Å². The lowest BCUT2D eigenvalue weighted by atomic mass is 9.98. The van der Waals surface area contributed by atoms with Gasteiger partial charge in [0, 0.05) is 30.5 Å². The van der Waals surface area contributed by atoms with Crippen LogP contribution in [0, 0.1) is 0 Å². The molecule has 0 aromatic heterocycles. The minimum absolute atomic E-state index is 0.0645. The molecule has 0 bridgehead atoms. The molecule has 4 aliphatic heterocycles. The largest absolute Gasteiger partial charge is 0.544 e. The number of carboxylic acid groups (broad SMARTS) is 3. The Morgan fingerprint density at radius 3 is 2.30 bits per heavy atom. The molecular weight excluding hydrogens is 844 g/mol. The Kier molecular flexibility index (Phi) is 14.1. The van der Waals surface area contributed by atoms with E-state index in [0.29, 0.717) is 16.7 Å². The first-order valence-electron chi connectivity index (χ1n) is 19.2. The van der Waals surface area contributed by atoms with Gasteiger partial charge in [-0.1, -0.05) is 0 Å². The molecule has 2 aromatic carbocycles. The molecular formula is C40H46N2O21. The molecule has 2 fully saturated rings. The number of aliphatic carboxylic acids is 3. The standard InChI is InChI=1S/C40H46N2O21/c1-57-26-9-17(10-27(58-2)30(26)46)3-4-29(45)59-15-40(56)16-60-39(34(40)49)63-33-32(48)31(47)28(14-43)62-38(33)61-25-12-19-11-23(37(54)55)42(22(19)13-24(25)44)6-5-18-7-20(35(50)51)41-21(8-18)36(52)53/h3-5,7,9-10,12-13,21,23,28,31-34,38-39,41,43-44,46-49,56H,6,8,11,14-16H2,1-2H3,(H,50,51)(H,52,53)(H,54,55)/t21-,23-,28+,31+,32-,33+,34-,38+,39-,40+/m0/s1. The van der Waals surface area contributed by atoms with Crippen LogP contribution >= 0.6 is 0 Å². The highest BCUT2D eigenvalue weighted by atomic mass is 16.8. The second-order valence-corrected chi connectivity index (χ2v) is 15.0. The molecule has 4 heterocycles. The third-order valence-electron chi connectivity index (χ3n) is 10.9. The van der Waals surface area contributed by atoms with Crippen LogP contribution in [-0.4, -0.2) is 171 Å². The third kappa shape index (κ3) is 9.96. The van der Waals surface area contributed by atoms with Crippen molar-refractivity contribution < 1.29 is 108 Å². The maximum atomic E-state index is 12.6. The quantitative estimate of drug-likeness (QED) is 0.0559. The molecule has 6 rings (SSSR count). The van der Waals surface area contributed by atoms with Crippen molar-refractivity contribution in [2.45, 2.75) is 73.6 Å². The number of nitrogens with one attached hydrogen (secondary N) is 2. The maximum Gasteiger partial charge on any atom is 0.351 e. The molecule has 0 amide bonds. The molecule has 2 aromatic rings. The normalized spacial score (nSPS) is 30.9. The number of aliphatic hydroxyl groups is 5. The molecule has 2 saturated heterocycles. The molecule has 23 nitrogen and oxygen atoms in total. The van der Waals surface area contributed by atoms with Crippen molar-refractivity contribution in [2.24, 2.45) is 0 Å². The second-order valence-electron chi connectivity index (χ2n) is 15.0. The topological polar surface area (TPSA) is 354 Å². The van der Waals surface area contributed by atoms with Gasteiger partial charge in [-0.15, -0.1) is 0 Å². The van der Waals surface area contributed by atoms with Gasteiger partial charge in [-0.3, -0.25) is 4.90 Å². The van der Waals surface area contributed by atoms with E-state index >= 15 is 0 Å². The van der Waals surface area contributed by atoms with Crippen molar-refractivity contribution in [1.29, 1.82) is 0 Å². The first-order chi connectivity index (χ1) is 29.9. The average Bonchev–Trinajstić information content (AvgIpc) is 3.75. The van der Waals surface area contributed by atoms with Crippen molar-refractivity contribution in [3.63, 3.8) is 0 Å². The number of rotatable bonds is 16. The molecule has 4 aliphatic rings. The van der Waals surface area contributed by atoms with Crippen molar-refractivity contribution in [2.75, 3.05) is 40.6 Å². The van der Waals surface area contributed by atoms with Gasteiger partial charge in [-0.2, -0.15) is 0 Å². The number of ether oxygens (including phenoxy) is 7. The van der Waals surface area contributed by atoms with Gasteiger partial charge in [0.1, 0.15) is 67.0 Å². The summed E-state index contributed by atoms with van der Waals surface area (Å²) in [6, 6.07) is 2.81. The first-order valence-corrected chi connectivity index (χ1v) is 19.2. The predicted molar refractivity (Wildman–Crippen MR) is 204 cm³/mol. The lowest BCUT2D eigenvalue weighted by Crippen LogP contribution is -3.11. The maximum absolute atomic E-state index is 12.6. The predicted octanol–water partition coefficient (Wildman–Crippen LogP) is -4.44. The van der Waals surface area contributed by atoms with E-state index in [2.05, 4.69) is 5.32 Å². The Morgan fingerprint density at radius 2 is 1.68 bits per heavy atom. The number of carboxylic acids is 3. The molecule has 342 valence electrons. The number of aliphatic hydroxyl groups excluding tert-OH is 4. The number of phenols is 2. The summed E-state index contributed by atoms with van der Waals surface area (Å²) in [6.45, 7) is -2.40. The molecule has 0 aliphatic carbocycles. The average molecular weight is 891 g/mol. The number of carbonyl (C=O) groups is 4. The number of esters is 1. The van der Waals surface area contributed by atoms with E-state index in [-0.39, 0.29) is 58.7 Å². The molecule has 23 heteroatoms. The molecule has 0 spiro atoms. The highest BCUT2D eigenvalue weighted by Gasteiger charge is 2.54. The third-order valence-corrected chi connectivity index (χ3v) is 10.9. The number of hydrogen-bond donors (Lipinski definition) is 11. The van der Waals surface area contributed by atoms with Gasteiger partial charge in [-0.25, -0.2) is 14.4 Å². The molecule has 0 radical (unpaired) electrons. The van der Waals surface area contributed by atoms with E-state index in [9.17, 15) is 70.2 Å². The molecule has 0 saturated carbocycles. The van der Waals surface area contributed by atoms with E-state index in [1.165, 1.54) is 56.7 Å². The van der Waals surface area contributed by atoms with E-state index in [1.807, 2.05) is 0 Å². The number of hydrogen-bond acceptors (Lipinski definition) is 20. The van der Waals surface area contributed by atoms with Crippen LogP contribution < -0.4 is 29.5 Å². The van der Waals surface area contributed by atoms with Crippen LogP contribution in [0.25, 0.3) is 6.08 Å². The second kappa shape index (κ2) is 19.2. The lowest BCUT2D eigenvalue weighted by molar-refractivity contribution is -0.840. The summed E-state index contributed by atoms with van der Waals surface area (Å²) in [4.78, 5) is 48.4. The number of phenolic OH excluding ortho intramolecular Hbond substituents is 2. The number of benzene rings is 2. The summed E-state index contributed by atoms with van der Waals surface area (Å²) in [5.74, 6) is -6.17. The minimum Gasteiger partial charge on any atom is -0.544 e. The Labute approximate surface area is 356 Å². The summed E-state index contributed by atoms with van der Waals surface area (Å²) < 4.78 is 38.2.